The first-order valence-corrected chi connectivity index (χ1v) is 8.13. The highest BCUT2D eigenvalue weighted by Crippen LogP contribution is 2.28. The molecule has 0 amide bonds. The minimum Gasteiger partial charge on any atom is -0.332 e. The maximum Gasteiger partial charge on any atom is 0.417 e. The Morgan fingerprint density at radius 2 is 2.11 bits per heavy atom. The molecule has 1 unspecified atom stereocenters. The molecule has 9 nitrogen and oxygen atoms in total. The summed E-state index contributed by atoms with van der Waals surface area (Å²) in [4.78, 5) is 10.3. The van der Waals surface area contributed by atoms with Gasteiger partial charge in [0, 0.05) is 25.8 Å². The summed E-state index contributed by atoms with van der Waals surface area (Å²) >= 11 is 0. The van der Waals surface area contributed by atoms with E-state index in [9.17, 15) is 13.2 Å². The lowest BCUT2D eigenvalue weighted by Crippen LogP contribution is -2.44. The van der Waals surface area contributed by atoms with Gasteiger partial charge >= 0.3 is 6.18 Å². The van der Waals surface area contributed by atoms with E-state index in [1.807, 2.05) is 7.05 Å². The van der Waals surface area contributed by atoms with Crippen molar-refractivity contribution >= 4 is 12.4 Å². The van der Waals surface area contributed by atoms with Gasteiger partial charge in [0.15, 0.2) is 17.3 Å². The van der Waals surface area contributed by atoms with Gasteiger partial charge in [-0.15, -0.1) is 17.5 Å². The van der Waals surface area contributed by atoms with Crippen molar-refractivity contribution in [2.75, 3.05) is 26.7 Å². The number of nitrogens with one attached hydrogen (secondary N) is 1. The molecule has 0 aromatic carbocycles. The number of alkyl halides is 3. The summed E-state index contributed by atoms with van der Waals surface area (Å²) in [5, 5.41) is 15.1. The molecule has 1 N–H and O–H groups in total. The molecule has 0 aliphatic carbocycles. The second-order valence-corrected chi connectivity index (χ2v) is 6.11. The molecule has 1 aliphatic heterocycles. The summed E-state index contributed by atoms with van der Waals surface area (Å²) in [5.41, 5.74) is -0.528. The van der Waals surface area contributed by atoms with E-state index in [4.69, 9.17) is 4.52 Å². The van der Waals surface area contributed by atoms with E-state index >= 15 is 0 Å². The van der Waals surface area contributed by atoms with Gasteiger partial charge < -0.3 is 9.84 Å². The molecule has 1 atom stereocenters. The Balaban J connectivity index is 0.00000225. The van der Waals surface area contributed by atoms with Crippen molar-refractivity contribution in [1.29, 1.82) is 0 Å². The average molecular weight is 417 g/mol. The summed E-state index contributed by atoms with van der Waals surface area (Å²) in [6.45, 7) is 2.47. The number of rotatable bonds is 3. The average Bonchev–Trinajstić information content (AvgIpc) is 3.31. The molecule has 0 bridgehead atoms. The minimum atomic E-state index is -4.44. The maximum absolute atomic E-state index is 12.6. The quantitative estimate of drug-likeness (QED) is 0.689. The predicted octanol–water partition coefficient (Wildman–Crippen LogP) is 1.73. The Bertz CT molecular complexity index is 926. The summed E-state index contributed by atoms with van der Waals surface area (Å²) < 4.78 is 44.4. The summed E-state index contributed by atoms with van der Waals surface area (Å²) in [7, 11) is 1.98. The largest absolute Gasteiger partial charge is 0.417 e. The van der Waals surface area contributed by atoms with Crippen molar-refractivity contribution < 1.29 is 17.7 Å². The smallest absolute Gasteiger partial charge is 0.332 e. The van der Waals surface area contributed by atoms with Crippen LogP contribution in [0, 0.1) is 0 Å². The van der Waals surface area contributed by atoms with Crippen molar-refractivity contribution in [2.45, 2.75) is 12.2 Å². The van der Waals surface area contributed by atoms with E-state index in [1.165, 1.54) is 16.9 Å². The highest BCUT2D eigenvalue weighted by molar-refractivity contribution is 5.85. The van der Waals surface area contributed by atoms with Gasteiger partial charge in [-0.25, -0.2) is 9.67 Å². The van der Waals surface area contributed by atoms with Crippen LogP contribution in [0.4, 0.5) is 13.2 Å². The lowest BCUT2D eigenvalue weighted by Gasteiger charge is -2.30. The zero-order chi connectivity index (χ0) is 19.0. The second-order valence-electron chi connectivity index (χ2n) is 6.11. The van der Waals surface area contributed by atoms with Crippen molar-refractivity contribution in [3.63, 3.8) is 0 Å². The second kappa shape index (κ2) is 7.81. The first-order valence-electron chi connectivity index (χ1n) is 8.13. The van der Waals surface area contributed by atoms with Crippen molar-refractivity contribution in [3.8, 4) is 17.4 Å². The summed E-state index contributed by atoms with van der Waals surface area (Å²) in [6, 6.07) is 2.13. The van der Waals surface area contributed by atoms with E-state index < -0.39 is 11.7 Å². The van der Waals surface area contributed by atoms with Gasteiger partial charge in [0.2, 0.25) is 0 Å². The summed E-state index contributed by atoms with van der Waals surface area (Å²) in [6.07, 6.45) is -2.23. The first-order chi connectivity index (χ1) is 12.9. The Hall–Kier alpha value is -2.57. The third-order valence-corrected chi connectivity index (χ3v) is 4.27. The highest BCUT2D eigenvalue weighted by Gasteiger charge is 2.31. The highest BCUT2D eigenvalue weighted by atomic mass is 35.5. The topological polar surface area (TPSA) is 97.8 Å². The van der Waals surface area contributed by atoms with Gasteiger partial charge in [0.1, 0.15) is 0 Å². The number of nitrogens with zero attached hydrogens (tertiary/aromatic N) is 7. The van der Waals surface area contributed by atoms with E-state index in [-0.39, 0.29) is 30.2 Å². The van der Waals surface area contributed by atoms with Crippen LogP contribution in [0.15, 0.2) is 29.0 Å². The number of aromatic nitrogens is 6. The van der Waals surface area contributed by atoms with Gasteiger partial charge in [-0.2, -0.15) is 18.2 Å². The van der Waals surface area contributed by atoms with Crippen LogP contribution in [0.2, 0.25) is 0 Å². The lowest BCUT2D eigenvalue weighted by molar-refractivity contribution is -0.137. The van der Waals surface area contributed by atoms with E-state index in [0.29, 0.717) is 18.1 Å². The molecule has 4 heterocycles. The molecule has 3 aromatic heterocycles. The standard InChI is InChI=1S/C15H15F3N8O.ClH/c1-25-5-4-19-7-11(25)13-21-14(27-23-13)10-8-26(24-22-10)12-3-2-9(6-20-12)15(16,17)18;/h2-3,6,8,11,19H,4-5,7H2,1H3;1H. The third-order valence-electron chi connectivity index (χ3n) is 4.27. The van der Waals surface area contributed by atoms with Gasteiger partial charge in [-0.05, 0) is 19.2 Å². The molecule has 1 fully saturated rings. The first kappa shape index (κ1) is 20.2. The van der Waals surface area contributed by atoms with E-state index in [0.717, 1.165) is 25.4 Å². The fraction of sp³-hybridized carbons (Fsp3) is 0.400. The molecule has 0 saturated carbocycles. The fourth-order valence-electron chi connectivity index (χ4n) is 2.73. The monoisotopic (exact) mass is 416 g/mol. The molecule has 4 rings (SSSR count). The number of piperazine rings is 1. The van der Waals surface area contributed by atoms with Gasteiger partial charge in [-0.1, -0.05) is 10.4 Å². The Kier molecular flexibility index (Phi) is 5.63. The molecule has 13 heteroatoms. The number of likely N-dealkylation sites (N-methyl/N-ethyl adjacent to an activating group) is 1. The molecule has 3 aromatic rings. The maximum atomic E-state index is 12.6. The SMILES string of the molecule is CN1CCNCC1c1noc(-c2cn(-c3ccc(C(F)(F)F)cn3)nn2)n1.Cl. The van der Waals surface area contributed by atoms with Crippen LogP contribution in [0.5, 0.6) is 0 Å². The van der Waals surface area contributed by atoms with Crippen molar-refractivity contribution in [3.05, 3.63) is 35.9 Å². The Labute approximate surface area is 163 Å². The number of pyridine rings is 1. The van der Waals surface area contributed by atoms with Crippen molar-refractivity contribution in [2.24, 2.45) is 0 Å². The lowest BCUT2D eigenvalue weighted by atomic mass is 10.2. The van der Waals surface area contributed by atoms with Gasteiger partial charge in [-0.3, -0.25) is 4.90 Å². The normalized spacial score (nSPS) is 18.1. The molecule has 28 heavy (non-hydrogen) atoms. The third kappa shape index (κ3) is 3.98. The Morgan fingerprint density at radius 1 is 1.29 bits per heavy atom. The molecular weight excluding hydrogens is 401 g/mol. The predicted molar refractivity (Wildman–Crippen MR) is 92.9 cm³/mol. The number of hydrogen-bond donors (Lipinski definition) is 1. The van der Waals surface area contributed by atoms with Crippen LogP contribution < -0.4 is 5.32 Å². The van der Waals surface area contributed by atoms with Crippen LogP contribution in [0.1, 0.15) is 17.4 Å². The van der Waals surface area contributed by atoms with E-state index in [2.05, 4.69) is 35.7 Å². The summed E-state index contributed by atoms with van der Waals surface area (Å²) in [5.74, 6) is 0.904. The molecule has 150 valence electrons. The molecule has 0 radical (unpaired) electrons. The molecular formula is C15H16ClF3N8O. The minimum absolute atomic E-state index is 0. The zero-order valence-corrected chi connectivity index (χ0v) is 15.4. The van der Waals surface area contributed by atoms with Crippen LogP contribution in [-0.2, 0) is 6.18 Å². The molecule has 1 saturated heterocycles. The van der Waals surface area contributed by atoms with Crippen LogP contribution in [-0.4, -0.2) is 61.7 Å². The van der Waals surface area contributed by atoms with Crippen LogP contribution in [0.3, 0.4) is 0 Å². The number of halogens is 4. The van der Waals surface area contributed by atoms with Gasteiger partial charge in [0.25, 0.3) is 5.89 Å². The fourth-order valence-corrected chi connectivity index (χ4v) is 2.73. The van der Waals surface area contributed by atoms with Gasteiger partial charge in [0.05, 0.1) is 17.8 Å². The van der Waals surface area contributed by atoms with Crippen LogP contribution >= 0.6 is 12.4 Å². The Morgan fingerprint density at radius 3 is 2.79 bits per heavy atom. The van der Waals surface area contributed by atoms with E-state index in [1.54, 1.807) is 0 Å². The molecule has 1 aliphatic rings. The zero-order valence-electron chi connectivity index (χ0n) is 14.6. The molecule has 0 spiro atoms. The number of hydrogen-bond acceptors (Lipinski definition) is 8. The van der Waals surface area contributed by atoms with Crippen molar-refractivity contribution in [1.82, 2.24) is 40.3 Å². The van der Waals surface area contributed by atoms with Crippen LogP contribution in [0.25, 0.3) is 17.4 Å².